The van der Waals surface area contributed by atoms with Crippen LogP contribution in [0.2, 0.25) is 0 Å². The van der Waals surface area contributed by atoms with Crippen molar-refractivity contribution < 1.29 is 46.4 Å². The van der Waals surface area contributed by atoms with Gasteiger partial charge in [-0.25, -0.2) is 0 Å². The summed E-state index contributed by atoms with van der Waals surface area (Å²) in [6.07, 6.45) is 0. The van der Waals surface area contributed by atoms with Crippen LogP contribution in [-0.2, 0) is 0 Å². The van der Waals surface area contributed by atoms with E-state index in [4.69, 9.17) is 31.2 Å². The van der Waals surface area contributed by atoms with Crippen molar-refractivity contribution in [3.05, 3.63) is 15.6 Å². The third-order valence-electron chi connectivity index (χ3n) is 1.35. The Morgan fingerprint density at radius 2 is 1.41 bits per heavy atom. The topological polar surface area (TPSA) is 221 Å². The molecule has 16 heteroatoms. The molecule has 0 saturated heterocycles. The van der Waals surface area contributed by atoms with Crippen LogP contribution in [0.5, 0.6) is 0 Å². The summed E-state index contributed by atoms with van der Waals surface area (Å²) in [5.41, 5.74) is 1.25. The maximum absolute atomic E-state index is 10.7. The summed E-state index contributed by atoms with van der Waals surface area (Å²) in [5, 5.41) is 76.7. The van der Waals surface area contributed by atoms with Gasteiger partial charge < -0.3 is 15.6 Å². The molecule has 1 aliphatic heterocycles. The van der Waals surface area contributed by atoms with Crippen molar-refractivity contribution in [1.29, 1.82) is 0 Å². The van der Waals surface area contributed by atoms with Crippen LogP contribution < -0.4 is 5.53 Å². The molecule has 16 nitrogen and oxygen atoms in total. The molecule has 100 valence electrons. The molecule has 7 N–H and O–H groups in total. The van der Waals surface area contributed by atoms with Gasteiger partial charge in [0.25, 0.3) is 0 Å². The second-order valence-electron chi connectivity index (χ2n) is 2.66. The molecule has 0 aliphatic carbocycles. The highest BCUT2D eigenvalue weighted by molar-refractivity contribution is 5.71. The maximum Gasteiger partial charge on any atom is 0.465 e. The normalized spacial score (nSPS) is 19.4. The molecule has 0 aromatic heterocycles. The van der Waals surface area contributed by atoms with Gasteiger partial charge in [-0.3, -0.25) is 0 Å². The Balaban J connectivity index is 3.14. The largest absolute Gasteiger partial charge is 0.556 e. The Morgan fingerprint density at radius 1 is 0.941 bits per heavy atom. The molecule has 0 atom stereocenters. The Hall–Kier alpha value is -1.25. The molecule has 1 rings (SSSR count). The van der Waals surface area contributed by atoms with Gasteiger partial charge in [0.2, 0.25) is 0 Å². The van der Waals surface area contributed by atoms with Gasteiger partial charge in [-0.15, -0.1) is 0 Å². The minimum absolute atomic E-state index is 0.764. The minimum atomic E-state index is -3.64. The van der Waals surface area contributed by atoms with Crippen LogP contribution in [0.1, 0.15) is 0 Å². The lowest BCUT2D eigenvalue weighted by Gasteiger charge is -2.38. The van der Waals surface area contributed by atoms with Crippen molar-refractivity contribution in [2.45, 2.75) is 0 Å². The van der Waals surface area contributed by atoms with Crippen molar-refractivity contribution >= 4 is 5.96 Å². The van der Waals surface area contributed by atoms with Crippen molar-refractivity contribution in [3.63, 3.8) is 0 Å². The van der Waals surface area contributed by atoms with E-state index >= 15 is 0 Å². The predicted octanol–water partition coefficient (Wildman–Crippen LogP) is -2.60. The zero-order chi connectivity index (χ0) is 13.6. The van der Waals surface area contributed by atoms with Crippen molar-refractivity contribution in [2.75, 3.05) is 0 Å². The zero-order valence-corrected chi connectivity index (χ0v) is 7.59. The number of quaternary nitrogens is 3. The third-order valence-corrected chi connectivity index (χ3v) is 1.35. The summed E-state index contributed by atoms with van der Waals surface area (Å²) in [6, 6.07) is 0. The second-order valence-corrected chi connectivity index (χ2v) is 2.66. The fourth-order valence-corrected chi connectivity index (χ4v) is 0.838. The first-order chi connectivity index (χ1) is 7.35. The molecule has 0 fully saturated rings. The fourth-order valence-electron chi connectivity index (χ4n) is 0.838. The molecule has 17 heavy (non-hydrogen) atoms. The lowest BCUT2D eigenvalue weighted by atomic mass is 11.0. The molecule has 1 heterocycles. The van der Waals surface area contributed by atoms with Crippen LogP contribution in [0, 0.1) is 15.6 Å². The molecule has 0 aromatic rings. The molecule has 0 radical (unpaired) electrons. The number of hydrazine groups is 2. The second kappa shape index (κ2) is 3.62. The van der Waals surface area contributed by atoms with Gasteiger partial charge in [-0.1, -0.05) is 5.10 Å². The van der Waals surface area contributed by atoms with E-state index in [1.54, 1.807) is 0 Å². The Labute approximate surface area is 90.2 Å². The number of guanidine groups is 1. The molecular formula is CH7N7O9. The highest BCUT2D eigenvalue weighted by atomic mass is 17.2. The van der Waals surface area contributed by atoms with Crippen LogP contribution in [0.4, 0.5) is 0 Å². The molecule has 0 aromatic carbocycles. The van der Waals surface area contributed by atoms with E-state index in [1.807, 2.05) is 0 Å². The van der Waals surface area contributed by atoms with Crippen LogP contribution in [0.15, 0.2) is 5.10 Å². The summed E-state index contributed by atoms with van der Waals surface area (Å²) in [7, 11) is 0. The molecule has 0 unspecified atom stereocenters. The van der Waals surface area contributed by atoms with Crippen molar-refractivity contribution in [1.82, 2.24) is 15.9 Å². The SMILES string of the molecule is [O-][N+](O)(O)C1=NNN([N+]([O-])(O)O)N1[N+]([O-])(O)O. The van der Waals surface area contributed by atoms with Crippen LogP contribution >= 0.6 is 0 Å². The first-order valence-electron chi connectivity index (χ1n) is 3.47. The molecular weight excluding hydrogens is 254 g/mol. The van der Waals surface area contributed by atoms with Gasteiger partial charge in [0.1, 0.15) is 0 Å². The quantitative estimate of drug-likeness (QED) is 0.201. The average Bonchev–Trinajstić information content (AvgIpc) is 2.42. The first-order valence-corrected chi connectivity index (χ1v) is 3.47. The number of hydrogen-bond acceptors (Lipinski definition) is 13. The van der Waals surface area contributed by atoms with Gasteiger partial charge in [0.05, 0.1) is 15.3 Å². The van der Waals surface area contributed by atoms with E-state index in [0.29, 0.717) is 0 Å². The summed E-state index contributed by atoms with van der Waals surface area (Å²) >= 11 is 0. The first kappa shape index (κ1) is 13.8. The number of rotatable bonds is 2. The zero-order valence-electron chi connectivity index (χ0n) is 7.59. The Morgan fingerprint density at radius 3 is 1.71 bits per heavy atom. The minimum Gasteiger partial charge on any atom is -0.556 e. The summed E-state index contributed by atoms with van der Waals surface area (Å²) in [6.45, 7) is 0. The summed E-state index contributed by atoms with van der Waals surface area (Å²) in [5.74, 6) is -1.80. The van der Waals surface area contributed by atoms with Gasteiger partial charge in [-0.05, 0) is 0 Å². The lowest BCUT2D eigenvalue weighted by Crippen LogP contribution is -2.72. The third kappa shape index (κ3) is 2.71. The number of hydrazone groups is 1. The Kier molecular flexibility index (Phi) is 2.94. The molecule has 0 bridgehead atoms. The van der Waals surface area contributed by atoms with Crippen LogP contribution in [-0.4, -0.2) is 62.7 Å². The van der Waals surface area contributed by atoms with Crippen molar-refractivity contribution in [3.8, 4) is 0 Å². The monoisotopic (exact) mass is 261 g/mol. The van der Waals surface area contributed by atoms with Gasteiger partial charge in [-0.2, -0.15) is 36.8 Å². The van der Waals surface area contributed by atoms with E-state index < -0.39 is 31.4 Å². The standard InChI is InChI=1S/CH7N7O9/c9-6(10,11)1-2-3-5(8(15,16)17)4(1)7(12,13)14/h3,9-10,12-13,15-16H. The van der Waals surface area contributed by atoms with Gasteiger partial charge >= 0.3 is 5.96 Å². The van der Waals surface area contributed by atoms with Crippen LogP contribution in [0.3, 0.4) is 0 Å². The number of nitrogens with zero attached hydrogens (tertiary/aromatic N) is 6. The van der Waals surface area contributed by atoms with E-state index in [9.17, 15) is 15.6 Å². The maximum atomic E-state index is 10.7. The summed E-state index contributed by atoms with van der Waals surface area (Å²) < 4.78 is 0. The number of nitrogens with one attached hydrogen (secondary N) is 1. The van der Waals surface area contributed by atoms with E-state index in [0.717, 1.165) is 0 Å². The van der Waals surface area contributed by atoms with E-state index in [-0.39, 0.29) is 0 Å². The Bertz CT molecular complexity index is 320. The molecule has 0 spiro atoms. The molecule has 1 aliphatic rings. The highest BCUT2D eigenvalue weighted by Crippen LogP contribution is 2.19. The smallest absolute Gasteiger partial charge is 0.465 e. The number of hydroxylamine groups is 3. The number of hydrogen-bond donors (Lipinski definition) is 7. The predicted molar refractivity (Wildman–Crippen MR) is 35.8 cm³/mol. The van der Waals surface area contributed by atoms with Crippen LogP contribution in [0.25, 0.3) is 0 Å². The van der Waals surface area contributed by atoms with E-state index in [1.165, 1.54) is 5.53 Å². The fraction of sp³-hybridized carbons (Fsp3) is 0. The highest BCUT2D eigenvalue weighted by Gasteiger charge is 2.57. The lowest BCUT2D eigenvalue weighted by molar-refractivity contribution is -1.37. The van der Waals surface area contributed by atoms with Gasteiger partial charge in [0.15, 0.2) is 5.23 Å². The van der Waals surface area contributed by atoms with Gasteiger partial charge in [0, 0.05) is 4.97 Å². The molecule has 0 saturated carbocycles. The molecule has 0 amide bonds. The summed E-state index contributed by atoms with van der Waals surface area (Å²) in [4.78, 5) is -3.47. The average molecular weight is 261 g/mol. The van der Waals surface area contributed by atoms with Crippen molar-refractivity contribution in [2.24, 2.45) is 5.10 Å². The van der Waals surface area contributed by atoms with E-state index in [2.05, 4.69) is 5.10 Å².